The zero-order valence-corrected chi connectivity index (χ0v) is 33.1. The number of rotatable bonds is 14. The Bertz CT molecular complexity index is 1750. The lowest BCUT2D eigenvalue weighted by molar-refractivity contribution is -0.616. The third kappa shape index (κ3) is 2.87. The zero-order valence-electron chi connectivity index (χ0n) is 32.3. The van der Waals surface area contributed by atoms with Crippen LogP contribution < -0.4 is 0 Å². The molecule has 262 valence electrons. The van der Waals surface area contributed by atoms with Crippen molar-refractivity contribution in [3.8, 4) is 0 Å². The van der Waals surface area contributed by atoms with Crippen LogP contribution in [0.4, 0.5) is 0 Å². The highest BCUT2D eigenvalue weighted by atomic mass is 32.3. The molecule has 2 aromatic carbocycles. The van der Waals surface area contributed by atoms with Gasteiger partial charge in [-0.05, 0) is 266 Å². The molecule has 0 spiro atoms. The molecule has 12 fully saturated rings. The topological polar surface area (TPSA) is 9.23 Å². The molecule has 0 bridgehead atoms. The lowest BCUT2D eigenvalue weighted by Crippen LogP contribution is -3.05. The average molecular weight is 675 g/mol. The monoisotopic (exact) mass is 674 g/mol. The summed E-state index contributed by atoms with van der Waals surface area (Å²) in [6.07, 6.45) is 11.7. The Hall–Kier alpha value is -1.25. The van der Waals surface area contributed by atoms with Crippen LogP contribution in [0.15, 0.2) is 0 Å². The normalized spacial score (nSPS) is 47.5. The second-order valence-electron chi connectivity index (χ2n) is 20.9. The molecule has 0 radical (unpaired) electrons. The van der Waals surface area contributed by atoms with E-state index >= 15 is 0 Å². The van der Waals surface area contributed by atoms with Crippen LogP contribution in [0.2, 0.25) is 0 Å². The standard InChI is InChI=1S/C47H62OS/c1-20-22(3)30(23(4)21(2)28(20)11-14-46-40-34-32-35(40)42(46)36(32)41(34)46)13-17-49(9,10)18-16-48-15-12-29-24(5)26(7)31(27(8)25(29)6)19-47-43-37-33-38(43)45(47)39(33)44(37)47/h32-45H,11-19H2,1-10H3. The van der Waals surface area contributed by atoms with Gasteiger partial charge in [0.2, 0.25) is 0 Å². The summed E-state index contributed by atoms with van der Waals surface area (Å²) in [5.41, 5.74) is 21.1. The molecule has 12 aliphatic carbocycles. The predicted octanol–water partition coefficient (Wildman–Crippen LogP) is 9.23. The largest absolute Gasteiger partial charge is 0.380 e. The molecule has 0 N–H and O–H groups in total. The first-order valence-corrected chi connectivity index (χ1v) is 23.6. The van der Waals surface area contributed by atoms with Crippen molar-refractivity contribution < 1.29 is 4.74 Å². The van der Waals surface area contributed by atoms with Crippen LogP contribution in [0.5, 0.6) is 0 Å². The van der Waals surface area contributed by atoms with Crippen molar-refractivity contribution in [2.24, 2.45) is 93.7 Å². The minimum atomic E-state index is -0.693. The first-order chi connectivity index (χ1) is 23.4. The van der Waals surface area contributed by atoms with Crippen LogP contribution in [0.1, 0.15) is 73.2 Å². The maximum Gasteiger partial charge on any atom is 0.0542 e. The second kappa shape index (κ2) is 8.92. The molecule has 2 heteroatoms. The summed E-state index contributed by atoms with van der Waals surface area (Å²) in [7, 11) is -0.693. The van der Waals surface area contributed by atoms with Gasteiger partial charge in [0.25, 0.3) is 0 Å². The summed E-state index contributed by atoms with van der Waals surface area (Å²) in [6, 6.07) is 0. The molecule has 0 aliphatic heterocycles. The Morgan fingerprint density at radius 2 is 0.816 bits per heavy atom. The van der Waals surface area contributed by atoms with Crippen LogP contribution in [0.3, 0.4) is 0 Å². The number of hydrogen-bond donors (Lipinski definition) is 0. The van der Waals surface area contributed by atoms with Crippen molar-refractivity contribution in [1.82, 2.24) is 0 Å². The van der Waals surface area contributed by atoms with Crippen LogP contribution in [0.25, 0.3) is 0 Å². The van der Waals surface area contributed by atoms with Crippen molar-refractivity contribution in [3.63, 3.8) is 0 Å². The van der Waals surface area contributed by atoms with Gasteiger partial charge in [-0.2, -0.15) is 0 Å². The van der Waals surface area contributed by atoms with Gasteiger partial charge in [-0.25, -0.2) is 10.0 Å². The van der Waals surface area contributed by atoms with E-state index in [1.807, 2.05) is 0 Å². The Morgan fingerprint density at radius 3 is 1.29 bits per heavy atom. The Balaban J connectivity index is 0.649. The molecular formula is C47H62OS. The smallest absolute Gasteiger partial charge is 0.0542 e. The van der Waals surface area contributed by atoms with E-state index in [1.165, 1.54) is 102 Å². The summed E-state index contributed by atoms with van der Waals surface area (Å²) in [4.78, 5) is 0. The molecule has 12 saturated carbocycles. The molecule has 49 heavy (non-hydrogen) atoms. The first kappa shape index (κ1) is 30.2. The fourth-order valence-corrected chi connectivity index (χ4v) is 19.7. The van der Waals surface area contributed by atoms with Crippen LogP contribution in [0, 0.1) is 149 Å². The van der Waals surface area contributed by atoms with Crippen LogP contribution >= 0.6 is 10.0 Å². The van der Waals surface area contributed by atoms with Gasteiger partial charge in [-0.15, -0.1) is 0 Å². The van der Waals surface area contributed by atoms with Gasteiger partial charge < -0.3 is 4.74 Å². The summed E-state index contributed by atoms with van der Waals surface area (Å²) in [5.74, 6) is 19.2. The molecule has 0 heterocycles. The summed E-state index contributed by atoms with van der Waals surface area (Å²) < 4.78 is 6.44. The Kier molecular flexibility index (Phi) is 5.50. The molecule has 0 saturated heterocycles. The van der Waals surface area contributed by atoms with Gasteiger partial charge in [0, 0.05) is 5.75 Å². The van der Waals surface area contributed by atoms with Crippen molar-refractivity contribution in [3.05, 3.63) is 66.8 Å². The zero-order chi connectivity index (χ0) is 33.6. The van der Waals surface area contributed by atoms with E-state index in [0.717, 1.165) is 48.2 Å². The highest BCUT2D eigenvalue weighted by molar-refractivity contribution is 8.32. The van der Waals surface area contributed by atoms with Gasteiger partial charge in [0.05, 0.1) is 13.2 Å². The second-order valence-corrected chi connectivity index (χ2v) is 25.2. The molecule has 2 aromatic rings. The molecule has 12 aliphatic rings. The van der Waals surface area contributed by atoms with E-state index in [9.17, 15) is 0 Å². The average Bonchev–Trinajstić information content (AvgIpc) is 3.09. The van der Waals surface area contributed by atoms with Crippen LogP contribution in [-0.4, -0.2) is 37.2 Å². The minimum Gasteiger partial charge on any atom is -0.380 e. The van der Waals surface area contributed by atoms with Gasteiger partial charge in [0.1, 0.15) is 0 Å². The van der Waals surface area contributed by atoms with Gasteiger partial charge in [-0.1, -0.05) is 0 Å². The maximum absolute atomic E-state index is 6.44. The fraction of sp³-hybridized carbons (Fsp3) is 0.745. The van der Waals surface area contributed by atoms with Crippen molar-refractivity contribution >= 4 is 10.0 Å². The van der Waals surface area contributed by atoms with Crippen LogP contribution in [-0.2, 0) is 30.4 Å². The van der Waals surface area contributed by atoms with Crippen molar-refractivity contribution in [2.75, 3.05) is 37.2 Å². The number of ether oxygens (including phenoxy) is 1. The number of benzene rings is 2. The van der Waals surface area contributed by atoms with E-state index in [-0.39, 0.29) is 0 Å². The predicted molar refractivity (Wildman–Crippen MR) is 204 cm³/mol. The maximum atomic E-state index is 6.44. The van der Waals surface area contributed by atoms with E-state index in [0.29, 0.717) is 0 Å². The van der Waals surface area contributed by atoms with E-state index in [1.54, 1.807) is 66.8 Å². The van der Waals surface area contributed by atoms with Crippen molar-refractivity contribution in [2.45, 2.75) is 87.5 Å². The van der Waals surface area contributed by atoms with Gasteiger partial charge >= 0.3 is 0 Å². The SMILES string of the molecule is Cc1c(C)c(CCS(C)(C)CCOCCc2c(C)c(C)c(CC34C5C6C7C5C3C7C64)c(C)c2C)c(C)c(C)c1CCC12C3C4C5C3C1C5C42. The summed E-state index contributed by atoms with van der Waals surface area (Å²) >= 11 is 0. The highest BCUT2D eigenvalue weighted by Crippen LogP contribution is 3.07. The molecule has 0 amide bonds. The quantitative estimate of drug-likeness (QED) is 0.182. The third-order valence-electron chi connectivity index (χ3n) is 20.7. The van der Waals surface area contributed by atoms with Gasteiger partial charge in [0.15, 0.2) is 0 Å². The summed E-state index contributed by atoms with van der Waals surface area (Å²) in [6.45, 7) is 21.3. The lowest BCUT2D eigenvalue weighted by atomic mass is 8.96. The molecular weight excluding hydrogens is 613 g/mol. The molecule has 0 aromatic heterocycles. The van der Waals surface area contributed by atoms with E-state index in [2.05, 4.69) is 67.9 Å². The highest BCUT2D eigenvalue weighted by Gasteiger charge is 3.04. The van der Waals surface area contributed by atoms with Crippen molar-refractivity contribution in [1.29, 1.82) is 0 Å². The first-order valence-electron chi connectivity index (χ1n) is 20.8. The third-order valence-corrected chi connectivity index (χ3v) is 23.3. The molecule has 0 unspecified atom stereocenters. The fourth-order valence-electron chi connectivity index (χ4n) is 18.2. The Labute approximate surface area is 298 Å². The summed E-state index contributed by atoms with van der Waals surface area (Å²) in [5, 5.41) is 0. The Morgan fingerprint density at radius 1 is 0.429 bits per heavy atom. The molecule has 0 atom stereocenters. The minimum absolute atomic E-state index is 0.693. The van der Waals surface area contributed by atoms with Gasteiger partial charge in [-0.3, -0.25) is 0 Å². The number of hydrogen-bond acceptors (Lipinski definition) is 1. The van der Waals surface area contributed by atoms with E-state index < -0.39 is 10.0 Å². The molecule has 14 rings (SSSR count). The van der Waals surface area contributed by atoms with E-state index in [4.69, 9.17) is 4.74 Å². The lowest BCUT2D eigenvalue weighted by Gasteiger charge is -3.08. The molecule has 1 nitrogen and oxygen atoms in total.